The Morgan fingerprint density at radius 3 is 2.74 bits per heavy atom. The lowest BCUT2D eigenvalue weighted by molar-refractivity contribution is -0.138. The lowest BCUT2D eigenvalue weighted by atomic mass is 10.2. The Morgan fingerprint density at radius 2 is 2.16 bits per heavy atom. The molecule has 0 N–H and O–H groups in total. The fourth-order valence-corrected chi connectivity index (χ4v) is 1.31. The monoisotopic (exact) mass is 261 g/mol. The van der Waals surface area contributed by atoms with Crippen LogP contribution in [0.15, 0.2) is 30.4 Å². The van der Waals surface area contributed by atoms with E-state index in [2.05, 4.69) is 6.58 Å². The first-order valence-corrected chi connectivity index (χ1v) is 5.68. The van der Waals surface area contributed by atoms with Crippen LogP contribution in [0.5, 0.6) is 11.5 Å². The largest absolute Gasteiger partial charge is 0.493 e. The molecule has 100 valence electrons. The van der Waals surface area contributed by atoms with Crippen LogP contribution in [0.1, 0.15) is 12.5 Å². The fraction of sp³-hybridized carbons (Fsp3) is 0.286. The van der Waals surface area contributed by atoms with Crippen molar-refractivity contribution in [1.29, 1.82) is 5.26 Å². The number of esters is 1. The van der Waals surface area contributed by atoms with Gasteiger partial charge in [-0.15, -0.1) is 0 Å². The van der Waals surface area contributed by atoms with Gasteiger partial charge in [-0.05, 0) is 19.1 Å². The minimum Gasteiger partial charge on any atom is -0.493 e. The summed E-state index contributed by atoms with van der Waals surface area (Å²) in [6.07, 6.45) is 0. The maximum atomic E-state index is 11.3. The number of hydrogen-bond donors (Lipinski definition) is 0. The molecule has 0 atom stereocenters. The Morgan fingerprint density at radius 1 is 1.42 bits per heavy atom. The summed E-state index contributed by atoms with van der Waals surface area (Å²) in [6, 6.07) is 6.77. The van der Waals surface area contributed by atoms with E-state index in [0.29, 0.717) is 17.1 Å². The highest BCUT2D eigenvalue weighted by molar-refractivity contribution is 5.88. The molecule has 0 saturated heterocycles. The maximum Gasteiger partial charge on any atom is 0.336 e. The predicted molar refractivity (Wildman–Crippen MR) is 69.0 cm³/mol. The molecule has 1 aromatic carbocycles. The summed E-state index contributed by atoms with van der Waals surface area (Å²) in [7, 11) is 1.48. The second-order valence-electron chi connectivity index (χ2n) is 3.59. The normalized spacial score (nSPS) is 9.32. The van der Waals surface area contributed by atoms with Crippen LogP contribution in [0.3, 0.4) is 0 Å². The van der Waals surface area contributed by atoms with E-state index in [1.165, 1.54) is 7.11 Å². The van der Waals surface area contributed by atoms with E-state index in [1.54, 1.807) is 25.1 Å². The minimum atomic E-state index is -0.491. The molecule has 1 aromatic rings. The Hall–Kier alpha value is -2.48. The van der Waals surface area contributed by atoms with Crippen LogP contribution in [0, 0.1) is 11.3 Å². The smallest absolute Gasteiger partial charge is 0.336 e. The number of carbonyl (C=O) groups excluding carboxylic acids is 1. The van der Waals surface area contributed by atoms with Gasteiger partial charge in [0.15, 0.2) is 11.5 Å². The Labute approximate surface area is 112 Å². The van der Waals surface area contributed by atoms with E-state index in [4.69, 9.17) is 19.5 Å². The van der Waals surface area contributed by atoms with Gasteiger partial charge in [-0.1, -0.05) is 6.58 Å². The molecule has 5 heteroatoms. The Balaban J connectivity index is 2.70. The van der Waals surface area contributed by atoms with Crippen LogP contribution in [0.4, 0.5) is 0 Å². The standard InChI is InChI=1S/C14H15NO4/c1-4-18-14(16)10(2)9-19-12-6-5-11(8-15)7-13(12)17-3/h5-7H,2,4,9H2,1,3H3. The SMILES string of the molecule is C=C(COc1ccc(C#N)cc1OC)C(=O)OCC. The van der Waals surface area contributed by atoms with Gasteiger partial charge in [-0.3, -0.25) is 0 Å². The molecule has 1 rings (SSSR count). The minimum absolute atomic E-state index is 0.00108. The van der Waals surface area contributed by atoms with E-state index >= 15 is 0 Å². The quantitative estimate of drug-likeness (QED) is 0.579. The zero-order valence-corrected chi connectivity index (χ0v) is 10.9. The molecular weight excluding hydrogens is 246 g/mol. The van der Waals surface area contributed by atoms with Gasteiger partial charge in [0, 0.05) is 6.07 Å². The zero-order chi connectivity index (χ0) is 14.3. The maximum absolute atomic E-state index is 11.3. The molecule has 0 radical (unpaired) electrons. The first kappa shape index (κ1) is 14.6. The van der Waals surface area contributed by atoms with E-state index < -0.39 is 5.97 Å². The van der Waals surface area contributed by atoms with Crippen molar-refractivity contribution in [3.63, 3.8) is 0 Å². The van der Waals surface area contributed by atoms with Gasteiger partial charge >= 0.3 is 5.97 Å². The summed E-state index contributed by atoms with van der Waals surface area (Å²) in [5.74, 6) is 0.373. The summed E-state index contributed by atoms with van der Waals surface area (Å²) in [5, 5.41) is 8.78. The second kappa shape index (κ2) is 7.07. The van der Waals surface area contributed by atoms with Crippen molar-refractivity contribution in [2.45, 2.75) is 6.92 Å². The lowest BCUT2D eigenvalue weighted by Crippen LogP contribution is -2.13. The van der Waals surface area contributed by atoms with Crippen LogP contribution in [-0.4, -0.2) is 26.3 Å². The molecule has 0 aliphatic heterocycles. The van der Waals surface area contributed by atoms with Crippen LogP contribution < -0.4 is 9.47 Å². The molecule has 0 unspecified atom stereocenters. The Kier molecular flexibility index (Phi) is 5.42. The lowest BCUT2D eigenvalue weighted by Gasteiger charge is -2.11. The van der Waals surface area contributed by atoms with Crippen LogP contribution in [-0.2, 0) is 9.53 Å². The average molecular weight is 261 g/mol. The van der Waals surface area contributed by atoms with Crippen molar-refractivity contribution >= 4 is 5.97 Å². The topological polar surface area (TPSA) is 68.5 Å². The highest BCUT2D eigenvalue weighted by Gasteiger charge is 2.11. The van der Waals surface area contributed by atoms with Crippen molar-refractivity contribution in [2.24, 2.45) is 0 Å². The van der Waals surface area contributed by atoms with E-state index in [-0.39, 0.29) is 18.8 Å². The van der Waals surface area contributed by atoms with Crippen LogP contribution in [0.2, 0.25) is 0 Å². The van der Waals surface area contributed by atoms with E-state index in [9.17, 15) is 4.79 Å². The number of methoxy groups -OCH3 is 1. The highest BCUT2D eigenvalue weighted by Crippen LogP contribution is 2.28. The van der Waals surface area contributed by atoms with Gasteiger partial charge in [0.05, 0.1) is 30.9 Å². The molecule has 0 aliphatic carbocycles. The molecule has 0 amide bonds. The third-order valence-corrected chi connectivity index (χ3v) is 2.26. The number of benzene rings is 1. The summed E-state index contributed by atoms with van der Waals surface area (Å²) in [6.45, 7) is 5.59. The first-order chi connectivity index (χ1) is 9.12. The summed E-state index contributed by atoms with van der Waals surface area (Å²) in [4.78, 5) is 11.3. The molecule has 0 saturated carbocycles. The zero-order valence-electron chi connectivity index (χ0n) is 10.9. The van der Waals surface area contributed by atoms with Crippen molar-refractivity contribution in [1.82, 2.24) is 0 Å². The van der Waals surface area contributed by atoms with Crippen LogP contribution >= 0.6 is 0 Å². The first-order valence-electron chi connectivity index (χ1n) is 5.68. The molecule has 0 spiro atoms. The molecular formula is C14H15NO4. The number of carbonyl (C=O) groups is 1. The molecule has 0 heterocycles. The molecule has 19 heavy (non-hydrogen) atoms. The summed E-state index contributed by atoms with van der Waals surface area (Å²) < 4.78 is 15.3. The molecule has 0 aliphatic rings. The number of nitriles is 1. The number of hydrogen-bond acceptors (Lipinski definition) is 5. The summed E-state index contributed by atoms with van der Waals surface area (Å²) >= 11 is 0. The summed E-state index contributed by atoms with van der Waals surface area (Å²) in [5.41, 5.74) is 0.682. The van der Waals surface area contributed by atoms with Gasteiger partial charge in [0.2, 0.25) is 0 Å². The van der Waals surface area contributed by atoms with Crippen molar-refractivity contribution in [2.75, 3.05) is 20.3 Å². The molecule has 5 nitrogen and oxygen atoms in total. The van der Waals surface area contributed by atoms with E-state index in [1.807, 2.05) is 6.07 Å². The average Bonchev–Trinajstić information content (AvgIpc) is 2.44. The van der Waals surface area contributed by atoms with E-state index in [0.717, 1.165) is 0 Å². The molecule has 0 fully saturated rings. The second-order valence-corrected chi connectivity index (χ2v) is 3.59. The van der Waals surface area contributed by atoms with Crippen molar-refractivity contribution in [3.05, 3.63) is 35.9 Å². The molecule has 0 aromatic heterocycles. The fourth-order valence-electron chi connectivity index (χ4n) is 1.31. The number of rotatable bonds is 6. The molecule has 0 bridgehead atoms. The Bertz CT molecular complexity index is 517. The number of nitrogens with zero attached hydrogens (tertiary/aromatic N) is 1. The van der Waals surface area contributed by atoms with Gasteiger partial charge in [-0.2, -0.15) is 5.26 Å². The van der Waals surface area contributed by atoms with Gasteiger partial charge in [0.25, 0.3) is 0 Å². The van der Waals surface area contributed by atoms with Crippen molar-refractivity contribution in [3.8, 4) is 17.6 Å². The van der Waals surface area contributed by atoms with Crippen LogP contribution in [0.25, 0.3) is 0 Å². The van der Waals surface area contributed by atoms with Crippen molar-refractivity contribution < 1.29 is 19.0 Å². The predicted octanol–water partition coefficient (Wildman–Crippen LogP) is 2.06. The van der Waals surface area contributed by atoms with Gasteiger partial charge in [-0.25, -0.2) is 4.79 Å². The number of ether oxygens (including phenoxy) is 3. The third-order valence-electron chi connectivity index (χ3n) is 2.26. The highest BCUT2D eigenvalue weighted by atomic mass is 16.5. The third kappa shape index (κ3) is 4.03. The van der Waals surface area contributed by atoms with Gasteiger partial charge in [0.1, 0.15) is 6.61 Å². The van der Waals surface area contributed by atoms with Gasteiger partial charge < -0.3 is 14.2 Å².